The molecule has 1 saturated heterocycles. The molecule has 0 unspecified atom stereocenters. The second-order valence-electron chi connectivity index (χ2n) is 7.34. The van der Waals surface area contributed by atoms with E-state index in [0.29, 0.717) is 37.6 Å². The van der Waals surface area contributed by atoms with Crippen LogP contribution in [-0.4, -0.2) is 29.0 Å². The molecule has 1 fully saturated rings. The molecule has 2 heterocycles. The third-order valence-electron chi connectivity index (χ3n) is 5.25. The fourth-order valence-electron chi connectivity index (χ4n) is 3.53. The van der Waals surface area contributed by atoms with Crippen molar-refractivity contribution in [3.8, 4) is 11.6 Å². The van der Waals surface area contributed by atoms with Gasteiger partial charge in [-0.25, -0.2) is 18.7 Å². The fraction of sp³-hybridized carbons (Fsp3) is 0.261. The number of nitrogens with zero attached hydrogens (tertiary/aromatic N) is 3. The normalized spacial score (nSPS) is 14.3. The van der Waals surface area contributed by atoms with E-state index in [1.165, 1.54) is 18.5 Å². The molecule has 3 aromatic rings. The fourth-order valence-corrected chi connectivity index (χ4v) is 3.53. The number of rotatable bonds is 6. The topological polar surface area (TPSA) is 67.4 Å². The first-order valence-electron chi connectivity index (χ1n) is 10.1. The molecule has 0 bridgehead atoms. The number of nitrogens with one attached hydrogen (secondary N) is 1. The Balaban J connectivity index is 1.30. The Morgan fingerprint density at radius 1 is 1.06 bits per heavy atom. The van der Waals surface area contributed by atoms with E-state index in [4.69, 9.17) is 4.74 Å². The highest BCUT2D eigenvalue weighted by molar-refractivity contribution is 5.79. The molecule has 1 amide bonds. The van der Waals surface area contributed by atoms with Gasteiger partial charge in [-0.05, 0) is 31.0 Å². The molecule has 2 aromatic carbocycles. The molecule has 0 atom stereocenters. The molecule has 0 saturated carbocycles. The molecule has 31 heavy (non-hydrogen) atoms. The maximum absolute atomic E-state index is 13.7. The molecule has 0 aliphatic carbocycles. The summed E-state index contributed by atoms with van der Waals surface area (Å²) in [4.78, 5) is 23.1. The highest BCUT2D eigenvalue weighted by Gasteiger charge is 2.26. The van der Waals surface area contributed by atoms with E-state index in [-0.39, 0.29) is 23.9 Å². The van der Waals surface area contributed by atoms with Gasteiger partial charge >= 0.3 is 0 Å². The van der Waals surface area contributed by atoms with Crippen LogP contribution in [0.25, 0.3) is 0 Å². The van der Waals surface area contributed by atoms with Crippen molar-refractivity contribution >= 4 is 11.7 Å². The highest BCUT2D eigenvalue weighted by atomic mass is 19.1. The van der Waals surface area contributed by atoms with Crippen LogP contribution < -0.4 is 15.0 Å². The zero-order chi connectivity index (χ0) is 21.6. The number of piperidine rings is 1. The summed E-state index contributed by atoms with van der Waals surface area (Å²) in [5.41, 5.74) is 0.263. The summed E-state index contributed by atoms with van der Waals surface area (Å²) < 4.78 is 32.5. The second kappa shape index (κ2) is 9.51. The second-order valence-corrected chi connectivity index (χ2v) is 7.34. The molecule has 6 nitrogen and oxygen atoms in total. The minimum Gasteiger partial charge on any atom is -0.439 e. The van der Waals surface area contributed by atoms with Crippen molar-refractivity contribution in [3.63, 3.8) is 0 Å². The summed E-state index contributed by atoms with van der Waals surface area (Å²) in [6, 6.07) is 14.5. The number of ether oxygens (including phenoxy) is 1. The van der Waals surface area contributed by atoms with E-state index in [1.54, 1.807) is 6.07 Å². The third kappa shape index (κ3) is 5.33. The van der Waals surface area contributed by atoms with Crippen molar-refractivity contribution in [2.24, 2.45) is 5.92 Å². The number of carbonyl (C=O) groups is 1. The summed E-state index contributed by atoms with van der Waals surface area (Å²) in [6.45, 7) is 1.35. The van der Waals surface area contributed by atoms with Crippen LogP contribution in [0.5, 0.6) is 11.6 Å². The van der Waals surface area contributed by atoms with Gasteiger partial charge in [0.2, 0.25) is 11.8 Å². The number of hydrogen-bond acceptors (Lipinski definition) is 5. The van der Waals surface area contributed by atoms with Gasteiger partial charge in [0.05, 0.1) is 0 Å². The quantitative estimate of drug-likeness (QED) is 0.646. The Labute approximate surface area is 178 Å². The van der Waals surface area contributed by atoms with Crippen molar-refractivity contribution < 1.29 is 18.3 Å². The molecule has 1 aromatic heterocycles. The number of para-hydroxylation sites is 1. The summed E-state index contributed by atoms with van der Waals surface area (Å²) in [5.74, 6) is 0.306. The molecule has 1 N–H and O–H groups in total. The molecule has 0 radical (unpaired) electrons. The number of anilines is 1. The van der Waals surface area contributed by atoms with Gasteiger partial charge < -0.3 is 15.0 Å². The van der Waals surface area contributed by atoms with Gasteiger partial charge in [0, 0.05) is 43.2 Å². The van der Waals surface area contributed by atoms with E-state index >= 15 is 0 Å². The molecular weight excluding hydrogens is 402 g/mol. The molecule has 8 heteroatoms. The number of amides is 1. The van der Waals surface area contributed by atoms with Gasteiger partial charge in [-0.2, -0.15) is 0 Å². The molecule has 160 valence electrons. The van der Waals surface area contributed by atoms with Gasteiger partial charge in [-0.1, -0.05) is 24.3 Å². The van der Waals surface area contributed by atoms with Crippen LogP contribution in [0.2, 0.25) is 0 Å². The summed E-state index contributed by atoms with van der Waals surface area (Å²) >= 11 is 0. The van der Waals surface area contributed by atoms with Crippen LogP contribution in [0, 0.1) is 17.6 Å². The molecule has 4 rings (SSSR count). The first-order valence-corrected chi connectivity index (χ1v) is 10.1. The largest absolute Gasteiger partial charge is 0.439 e. The molecule has 1 aliphatic rings. The zero-order valence-corrected chi connectivity index (χ0v) is 16.8. The van der Waals surface area contributed by atoms with Crippen LogP contribution in [0.4, 0.5) is 14.6 Å². The minimum atomic E-state index is -0.660. The number of hydrogen-bond donors (Lipinski definition) is 1. The number of halogens is 2. The smallest absolute Gasteiger partial charge is 0.224 e. The summed E-state index contributed by atoms with van der Waals surface area (Å²) in [6.07, 6.45) is 2.76. The number of benzene rings is 2. The lowest BCUT2D eigenvalue weighted by Crippen LogP contribution is -2.40. The first kappa shape index (κ1) is 20.7. The van der Waals surface area contributed by atoms with E-state index in [2.05, 4.69) is 20.2 Å². The van der Waals surface area contributed by atoms with Gasteiger partial charge in [-0.3, -0.25) is 4.79 Å². The third-order valence-corrected chi connectivity index (χ3v) is 5.25. The number of carbonyl (C=O) groups excluding carboxylic acids is 1. The van der Waals surface area contributed by atoms with Gasteiger partial charge in [0.15, 0.2) is 0 Å². The minimum absolute atomic E-state index is 0.0389. The molecule has 0 spiro atoms. The lowest BCUT2D eigenvalue weighted by Gasteiger charge is -2.32. The monoisotopic (exact) mass is 424 g/mol. The van der Waals surface area contributed by atoms with Gasteiger partial charge in [-0.15, -0.1) is 0 Å². The van der Waals surface area contributed by atoms with Crippen LogP contribution >= 0.6 is 0 Å². The maximum Gasteiger partial charge on any atom is 0.224 e. The molecule has 1 aliphatic heterocycles. The Kier molecular flexibility index (Phi) is 6.35. The van der Waals surface area contributed by atoms with E-state index < -0.39 is 11.6 Å². The molecular formula is C23H22F2N4O2. The van der Waals surface area contributed by atoms with Crippen LogP contribution in [0.15, 0.2) is 60.9 Å². The lowest BCUT2D eigenvalue weighted by atomic mass is 9.96. The van der Waals surface area contributed by atoms with Crippen molar-refractivity contribution in [2.75, 3.05) is 18.0 Å². The van der Waals surface area contributed by atoms with Crippen molar-refractivity contribution in [1.82, 2.24) is 15.3 Å². The maximum atomic E-state index is 13.7. The Hall–Kier alpha value is -3.55. The van der Waals surface area contributed by atoms with Crippen molar-refractivity contribution in [1.29, 1.82) is 0 Å². The van der Waals surface area contributed by atoms with Gasteiger partial charge in [0.25, 0.3) is 0 Å². The van der Waals surface area contributed by atoms with Crippen LogP contribution in [-0.2, 0) is 11.3 Å². The Morgan fingerprint density at radius 3 is 2.58 bits per heavy atom. The summed E-state index contributed by atoms with van der Waals surface area (Å²) in [5, 5.41) is 2.75. The first-order chi connectivity index (χ1) is 15.1. The predicted octanol–water partition coefficient (Wildman–Crippen LogP) is 4.08. The predicted molar refractivity (Wildman–Crippen MR) is 112 cm³/mol. The van der Waals surface area contributed by atoms with Gasteiger partial charge in [0.1, 0.15) is 29.5 Å². The van der Waals surface area contributed by atoms with Crippen LogP contribution in [0.3, 0.4) is 0 Å². The SMILES string of the molecule is O=C(NCc1ccc(F)cc1F)C1CCN(c2cc(Oc3ccccc3)ncn2)CC1. The lowest BCUT2D eigenvalue weighted by molar-refractivity contribution is -0.125. The average Bonchev–Trinajstić information content (AvgIpc) is 2.79. The Morgan fingerprint density at radius 2 is 1.84 bits per heavy atom. The average molecular weight is 424 g/mol. The van der Waals surface area contributed by atoms with E-state index in [0.717, 1.165) is 11.9 Å². The zero-order valence-electron chi connectivity index (χ0n) is 16.8. The summed E-state index contributed by atoms with van der Waals surface area (Å²) in [7, 11) is 0. The van der Waals surface area contributed by atoms with E-state index in [1.807, 2.05) is 30.3 Å². The van der Waals surface area contributed by atoms with Crippen LogP contribution in [0.1, 0.15) is 18.4 Å². The highest BCUT2D eigenvalue weighted by Crippen LogP contribution is 2.26. The number of aromatic nitrogens is 2. The van der Waals surface area contributed by atoms with Crippen molar-refractivity contribution in [2.45, 2.75) is 19.4 Å². The van der Waals surface area contributed by atoms with Crippen molar-refractivity contribution in [3.05, 3.63) is 78.1 Å². The standard InChI is InChI=1S/C23H22F2N4O2/c24-18-7-6-17(20(25)12-18)14-26-23(30)16-8-10-29(11-9-16)21-13-22(28-15-27-21)31-19-4-2-1-3-5-19/h1-7,12-13,15-16H,8-11,14H2,(H,26,30). The van der Waals surface area contributed by atoms with E-state index in [9.17, 15) is 13.6 Å². The Bertz CT molecular complexity index is 1040.